The first-order valence-electron chi connectivity index (χ1n) is 10.7. The van der Waals surface area contributed by atoms with E-state index in [4.69, 9.17) is 9.72 Å². The Morgan fingerprint density at radius 1 is 1.06 bits per heavy atom. The molecule has 4 rings (SSSR count). The van der Waals surface area contributed by atoms with Crippen molar-refractivity contribution >= 4 is 32.9 Å². The number of carbonyl (C=O) groups is 1. The highest BCUT2D eigenvalue weighted by molar-refractivity contribution is 9.10. The first-order chi connectivity index (χ1) is 15.5. The maximum Gasteiger partial charge on any atom is 0.251 e. The molecule has 0 saturated carbocycles. The highest BCUT2D eigenvalue weighted by atomic mass is 79.9. The number of ether oxygens (including phenoxy) is 1. The fraction of sp³-hybridized carbons (Fsp3) is 0.231. The third-order valence-corrected chi connectivity index (χ3v) is 5.83. The van der Waals surface area contributed by atoms with Crippen LogP contribution in [-0.2, 0) is 13.1 Å². The largest absolute Gasteiger partial charge is 0.491 e. The van der Waals surface area contributed by atoms with E-state index in [-0.39, 0.29) is 5.91 Å². The summed E-state index contributed by atoms with van der Waals surface area (Å²) in [6, 6.07) is 23.5. The summed E-state index contributed by atoms with van der Waals surface area (Å²) in [7, 11) is 0. The molecule has 1 aromatic heterocycles. The lowest BCUT2D eigenvalue weighted by Gasteiger charge is -2.15. The van der Waals surface area contributed by atoms with E-state index in [0.717, 1.165) is 27.1 Å². The molecule has 3 aromatic carbocycles. The molecule has 0 saturated heterocycles. The van der Waals surface area contributed by atoms with E-state index in [1.807, 2.05) is 54.6 Å². The fourth-order valence-electron chi connectivity index (χ4n) is 3.74. The van der Waals surface area contributed by atoms with Crippen molar-refractivity contribution in [3.63, 3.8) is 0 Å². The number of benzene rings is 3. The van der Waals surface area contributed by atoms with E-state index in [2.05, 4.69) is 45.7 Å². The van der Waals surface area contributed by atoms with Crippen molar-refractivity contribution in [2.24, 2.45) is 0 Å². The van der Waals surface area contributed by atoms with Crippen LogP contribution < -0.4 is 10.1 Å². The molecule has 5 nitrogen and oxygen atoms in total. The molecule has 0 aliphatic rings. The lowest BCUT2D eigenvalue weighted by molar-refractivity contribution is 0.0949. The highest BCUT2D eigenvalue weighted by Gasteiger charge is 2.13. The molecule has 0 aliphatic carbocycles. The molecule has 0 fully saturated rings. The second kappa shape index (κ2) is 10.0. The number of nitrogens with zero attached hydrogens (tertiary/aromatic N) is 2. The maximum atomic E-state index is 12.6. The number of hydrogen-bond acceptors (Lipinski definition) is 3. The van der Waals surface area contributed by atoms with Crippen LogP contribution in [0, 0.1) is 0 Å². The average Bonchev–Trinajstić information content (AvgIpc) is 3.15. The standard InChI is InChI=1S/C26H26BrN3O2/c1-18(2)21-10-3-6-13-24(21)32-15-14-30-23-12-5-4-11-22(23)29-25(30)17-28-26(31)19-8-7-9-20(27)16-19/h3-13,16,18H,14-15,17H2,1-2H3,(H,28,31). The molecule has 0 aliphatic heterocycles. The third-order valence-electron chi connectivity index (χ3n) is 5.34. The minimum atomic E-state index is -0.132. The Bertz CT molecular complexity index is 1230. The summed E-state index contributed by atoms with van der Waals surface area (Å²) in [6.45, 7) is 5.81. The van der Waals surface area contributed by atoms with Gasteiger partial charge in [0.15, 0.2) is 0 Å². The molecular formula is C26H26BrN3O2. The van der Waals surface area contributed by atoms with Crippen molar-refractivity contribution in [2.45, 2.75) is 32.9 Å². The zero-order valence-corrected chi connectivity index (χ0v) is 19.8. The van der Waals surface area contributed by atoms with Crippen molar-refractivity contribution < 1.29 is 9.53 Å². The molecule has 0 radical (unpaired) electrons. The van der Waals surface area contributed by atoms with Crippen LogP contribution in [0.1, 0.15) is 41.5 Å². The summed E-state index contributed by atoms with van der Waals surface area (Å²) in [6.07, 6.45) is 0. The summed E-state index contributed by atoms with van der Waals surface area (Å²) >= 11 is 3.41. The quantitative estimate of drug-likeness (QED) is 0.332. The summed E-state index contributed by atoms with van der Waals surface area (Å²) in [5.74, 6) is 1.97. The van der Waals surface area contributed by atoms with E-state index < -0.39 is 0 Å². The number of hydrogen-bond donors (Lipinski definition) is 1. The van der Waals surface area contributed by atoms with Crippen molar-refractivity contribution in [1.82, 2.24) is 14.9 Å². The van der Waals surface area contributed by atoms with Crippen LogP contribution in [0.2, 0.25) is 0 Å². The van der Waals surface area contributed by atoms with E-state index in [9.17, 15) is 4.79 Å². The minimum absolute atomic E-state index is 0.132. The molecule has 32 heavy (non-hydrogen) atoms. The number of fused-ring (bicyclic) bond motifs is 1. The number of imidazole rings is 1. The van der Waals surface area contributed by atoms with Crippen molar-refractivity contribution in [1.29, 1.82) is 0 Å². The predicted octanol–water partition coefficient (Wildman–Crippen LogP) is 5.93. The van der Waals surface area contributed by atoms with Gasteiger partial charge in [-0.15, -0.1) is 0 Å². The van der Waals surface area contributed by atoms with Crippen molar-refractivity contribution in [3.8, 4) is 5.75 Å². The van der Waals surface area contributed by atoms with Crippen LogP contribution in [0.3, 0.4) is 0 Å². The predicted molar refractivity (Wildman–Crippen MR) is 131 cm³/mol. The van der Waals surface area contributed by atoms with Gasteiger partial charge in [-0.25, -0.2) is 4.98 Å². The van der Waals surface area contributed by atoms with E-state index >= 15 is 0 Å². The van der Waals surface area contributed by atoms with Crippen LogP contribution >= 0.6 is 15.9 Å². The van der Waals surface area contributed by atoms with Crippen LogP contribution in [-0.4, -0.2) is 22.1 Å². The van der Waals surface area contributed by atoms with Gasteiger partial charge in [-0.3, -0.25) is 4.79 Å². The van der Waals surface area contributed by atoms with Gasteiger partial charge in [0.1, 0.15) is 18.2 Å². The molecule has 1 N–H and O–H groups in total. The average molecular weight is 492 g/mol. The van der Waals surface area contributed by atoms with Gasteiger partial charge in [0.05, 0.1) is 24.1 Å². The number of nitrogens with one attached hydrogen (secondary N) is 1. The minimum Gasteiger partial charge on any atom is -0.491 e. The van der Waals surface area contributed by atoms with E-state index in [1.165, 1.54) is 5.56 Å². The molecule has 6 heteroatoms. The van der Waals surface area contributed by atoms with Gasteiger partial charge in [-0.05, 0) is 47.9 Å². The molecule has 0 spiro atoms. The van der Waals surface area contributed by atoms with Gasteiger partial charge in [0.25, 0.3) is 5.91 Å². The Hall–Kier alpha value is -3.12. The van der Waals surface area contributed by atoms with E-state index in [0.29, 0.717) is 31.2 Å². The molecule has 0 atom stereocenters. The molecular weight excluding hydrogens is 466 g/mol. The second-order valence-electron chi connectivity index (χ2n) is 7.90. The van der Waals surface area contributed by atoms with Crippen LogP contribution in [0.5, 0.6) is 5.75 Å². The van der Waals surface area contributed by atoms with Crippen LogP contribution in [0.4, 0.5) is 0 Å². The van der Waals surface area contributed by atoms with Gasteiger partial charge >= 0.3 is 0 Å². The molecule has 1 heterocycles. The molecule has 164 valence electrons. The molecule has 0 bridgehead atoms. The number of para-hydroxylation sites is 3. The lowest BCUT2D eigenvalue weighted by Crippen LogP contribution is -2.25. The zero-order valence-electron chi connectivity index (χ0n) is 18.2. The first-order valence-corrected chi connectivity index (χ1v) is 11.5. The zero-order chi connectivity index (χ0) is 22.5. The third kappa shape index (κ3) is 5.02. The van der Waals surface area contributed by atoms with Crippen molar-refractivity contribution in [2.75, 3.05) is 6.61 Å². The monoisotopic (exact) mass is 491 g/mol. The number of carbonyl (C=O) groups excluding carboxylic acids is 1. The number of rotatable bonds is 8. The maximum absolute atomic E-state index is 12.6. The fourth-order valence-corrected chi connectivity index (χ4v) is 4.14. The topological polar surface area (TPSA) is 56.1 Å². The lowest BCUT2D eigenvalue weighted by atomic mass is 10.0. The number of halogens is 1. The van der Waals surface area contributed by atoms with Crippen LogP contribution in [0.25, 0.3) is 11.0 Å². The molecule has 0 unspecified atom stereocenters. The van der Waals surface area contributed by atoms with Gasteiger partial charge in [0, 0.05) is 10.0 Å². The number of aromatic nitrogens is 2. The summed E-state index contributed by atoms with van der Waals surface area (Å²) < 4.78 is 9.13. The Balaban J connectivity index is 1.50. The number of amides is 1. The normalized spacial score (nSPS) is 11.1. The first kappa shape index (κ1) is 22.1. The SMILES string of the molecule is CC(C)c1ccccc1OCCn1c(CNC(=O)c2cccc(Br)c2)nc2ccccc21. The Labute approximate surface area is 196 Å². The second-order valence-corrected chi connectivity index (χ2v) is 8.82. The molecule has 1 amide bonds. The van der Waals surface area contributed by atoms with Crippen LogP contribution in [0.15, 0.2) is 77.3 Å². The van der Waals surface area contributed by atoms with Gasteiger partial charge in [-0.2, -0.15) is 0 Å². The van der Waals surface area contributed by atoms with Gasteiger partial charge in [0.2, 0.25) is 0 Å². The van der Waals surface area contributed by atoms with Crippen molar-refractivity contribution in [3.05, 3.63) is 94.2 Å². The summed E-state index contributed by atoms with van der Waals surface area (Å²) in [5.41, 5.74) is 3.74. The molecule has 4 aromatic rings. The Kier molecular flexibility index (Phi) is 6.90. The Morgan fingerprint density at radius 3 is 2.66 bits per heavy atom. The Morgan fingerprint density at radius 2 is 1.84 bits per heavy atom. The summed E-state index contributed by atoms with van der Waals surface area (Å²) in [4.78, 5) is 17.4. The van der Waals surface area contributed by atoms with Gasteiger partial charge in [-0.1, -0.05) is 66.2 Å². The summed E-state index contributed by atoms with van der Waals surface area (Å²) in [5, 5.41) is 2.99. The smallest absolute Gasteiger partial charge is 0.251 e. The highest BCUT2D eigenvalue weighted by Crippen LogP contribution is 2.26. The van der Waals surface area contributed by atoms with E-state index in [1.54, 1.807) is 12.1 Å². The van der Waals surface area contributed by atoms with Gasteiger partial charge < -0.3 is 14.6 Å².